The minimum absolute atomic E-state index is 0.525. The molecule has 0 fully saturated rings. The molecule has 2 N–H and O–H groups in total. The summed E-state index contributed by atoms with van der Waals surface area (Å²) in [7, 11) is -3.25. The van der Waals surface area contributed by atoms with Crippen molar-refractivity contribution >= 4 is 23.9 Å². The van der Waals surface area contributed by atoms with Crippen molar-refractivity contribution in [3.05, 3.63) is 29.3 Å². The van der Waals surface area contributed by atoms with Crippen molar-refractivity contribution in [3.8, 4) is 5.75 Å². The van der Waals surface area contributed by atoms with E-state index in [0.29, 0.717) is 11.9 Å². The molecule has 11 heteroatoms. The average Bonchev–Trinajstić information content (AvgIpc) is 2.34. The van der Waals surface area contributed by atoms with Crippen LogP contribution in [0.25, 0.3) is 0 Å². The molecular weight excluding hydrogens is 328 g/mol. The average molecular weight is 340 g/mol. The molecule has 0 saturated carbocycles. The lowest BCUT2D eigenvalue weighted by molar-refractivity contribution is -0.197. The predicted octanol–water partition coefficient (Wildman–Crippen LogP) is 0.501. The molecular formula is C11H12BF3O6S. The van der Waals surface area contributed by atoms with E-state index < -0.39 is 45.4 Å². The Hall–Kier alpha value is -1.75. The van der Waals surface area contributed by atoms with Gasteiger partial charge < -0.3 is 9.84 Å². The second-order valence-electron chi connectivity index (χ2n) is 4.39. The first kappa shape index (κ1) is 18.3. The van der Waals surface area contributed by atoms with Crippen LogP contribution in [0, 0.1) is 0 Å². The zero-order valence-corrected chi connectivity index (χ0v) is 12.1. The lowest BCUT2D eigenvalue weighted by Gasteiger charge is -2.19. The number of hydrogen-bond acceptors (Lipinski definition) is 5. The summed E-state index contributed by atoms with van der Waals surface area (Å²) in [6, 6.07) is 3.65. The highest BCUT2D eigenvalue weighted by molar-refractivity contribution is 7.85. The number of carbonyl (C=O) groups is 1. The maximum Gasteiger partial charge on any atom is 0.426 e. The van der Waals surface area contributed by atoms with E-state index in [4.69, 9.17) is 4.55 Å². The van der Waals surface area contributed by atoms with E-state index in [2.05, 4.69) is 4.74 Å². The number of phenols is 1. The predicted molar refractivity (Wildman–Crippen MR) is 72.0 cm³/mol. The van der Waals surface area contributed by atoms with E-state index in [1.165, 1.54) is 12.1 Å². The molecule has 0 aliphatic heterocycles. The maximum atomic E-state index is 12.6. The molecule has 6 nitrogen and oxygen atoms in total. The molecule has 0 amide bonds. The second kappa shape index (κ2) is 6.57. The fourth-order valence-electron chi connectivity index (χ4n) is 1.55. The van der Waals surface area contributed by atoms with Crippen molar-refractivity contribution in [1.82, 2.24) is 0 Å². The minimum atomic E-state index is -5.19. The summed E-state index contributed by atoms with van der Waals surface area (Å²) in [4.78, 5) is 11.6. The number of rotatable bonds is 5. The molecule has 0 aliphatic rings. The van der Waals surface area contributed by atoms with Gasteiger partial charge in [-0.3, -0.25) is 4.55 Å². The Bertz CT molecular complexity index is 658. The van der Waals surface area contributed by atoms with Gasteiger partial charge in [-0.05, 0) is 12.1 Å². The topological polar surface area (TPSA) is 101 Å². The van der Waals surface area contributed by atoms with Crippen LogP contribution in [-0.4, -0.2) is 49.9 Å². The first-order valence-corrected chi connectivity index (χ1v) is 7.59. The van der Waals surface area contributed by atoms with Crippen LogP contribution in [0.1, 0.15) is 15.9 Å². The first-order valence-electron chi connectivity index (χ1n) is 5.98. The molecule has 0 spiro atoms. The zero-order valence-electron chi connectivity index (χ0n) is 11.3. The van der Waals surface area contributed by atoms with Gasteiger partial charge in [0.1, 0.15) is 24.9 Å². The first-order chi connectivity index (χ1) is 9.94. The van der Waals surface area contributed by atoms with Crippen LogP contribution in [0.5, 0.6) is 5.75 Å². The fraction of sp³-hybridized carbons (Fsp3) is 0.364. The van der Waals surface area contributed by atoms with Gasteiger partial charge >= 0.3 is 12.1 Å². The molecule has 0 heterocycles. The van der Waals surface area contributed by atoms with Crippen LogP contribution in [-0.2, 0) is 21.2 Å². The third kappa shape index (κ3) is 5.22. The van der Waals surface area contributed by atoms with Crippen molar-refractivity contribution < 1.29 is 40.8 Å². The SMILES string of the molecule is BCc1ccc(C(=O)OC(CS(=O)(=O)O)C(F)(F)F)c(O)c1. The van der Waals surface area contributed by atoms with E-state index in [1.54, 1.807) is 7.85 Å². The standard InChI is InChI=1S/C11H12BF3O6S/c12-4-6-1-2-7(8(16)3-6)10(17)21-9(11(13,14)15)5-22(18,19)20/h1-3,9,16H,4-5,12H2,(H,18,19,20). The van der Waals surface area contributed by atoms with Gasteiger partial charge in [-0.25, -0.2) is 4.79 Å². The van der Waals surface area contributed by atoms with E-state index in [0.717, 1.165) is 6.07 Å². The summed E-state index contributed by atoms with van der Waals surface area (Å²) in [5.74, 6) is -3.96. The molecule has 0 saturated heterocycles. The summed E-state index contributed by atoms with van der Waals surface area (Å²) >= 11 is 0. The Morgan fingerprint density at radius 3 is 2.36 bits per heavy atom. The van der Waals surface area contributed by atoms with Crippen LogP contribution in [0.2, 0.25) is 0 Å². The number of aromatic hydroxyl groups is 1. The van der Waals surface area contributed by atoms with Gasteiger partial charge in [-0.2, -0.15) is 21.6 Å². The molecule has 122 valence electrons. The summed E-state index contributed by atoms with van der Waals surface area (Å²) in [6.07, 6.45) is -7.71. The van der Waals surface area contributed by atoms with Crippen molar-refractivity contribution in [2.75, 3.05) is 5.75 Å². The van der Waals surface area contributed by atoms with Crippen LogP contribution in [0.4, 0.5) is 13.2 Å². The van der Waals surface area contributed by atoms with Gasteiger partial charge in [0.15, 0.2) is 0 Å². The van der Waals surface area contributed by atoms with Gasteiger partial charge in [0.2, 0.25) is 6.10 Å². The number of benzene rings is 1. The van der Waals surface area contributed by atoms with Gasteiger partial charge in [-0.15, -0.1) is 0 Å². The fourth-order valence-corrected chi connectivity index (χ4v) is 2.19. The zero-order chi connectivity index (χ0) is 17.1. The summed E-state index contributed by atoms with van der Waals surface area (Å²) in [6.45, 7) is 0. The molecule has 1 aromatic rings. The normalized spacial score (nSPS) is 13.6. The third-order valence-corrected chi connectivity index (χ3v) is 3.39. The number of carbonyl (C=O) groups excluding carboxylic acids is 1. The van der Waals surface area contributed by atoms with E-state index in [-0.39, 0.29) is 0 Å². The Kier molecular flexibility index (Phi) is 5.47. The van der Waals surface area contributed by atoms with Gasteiger partial charge in [0.05, 0.1) is 0 Å². The lowest BCUT2D eigenvalue weighted by Crippen LogP contribution is -2.39. The number of esters is 1. The monoisotopic (exact) mass is 340 g/mol. The van der Waals surface area contributed by atoms with E-state index in [9.17, 15) is 31.5 Å². The van der Waals surface area contributed by atoms with Crippen molar-refractivity contribution in [2.45, 2.75) is 18.6 Å². The van der Waals surface area contributed by atoms with Crippen LogP contribution < -0.4 is 0 Å². The summed E-state index contributed by atoms with van der Waals surface area (Å²) in [5, 5.41) is 9.59. The second-order valence-corrected chi connectivity index (χ2v) is 5.89. The highest BCUT2D eigenvalue weighted by atomic mass is 32.2. The third-order valence-electron chi connectivity index (χ3n) is 2.67. The summed E-state index contributed by atoms with van der Waals surface area (Å²) in [5.41, 5.74) is 0.0983. The van der Waals surface area contributed by atoms with Crippen molar-refractivity contribution in [2.24, 2.45) is 0 Å². The largest absolute Gasteiger partial charge is 0.507 e. The highest BCUT2D eigenvalue weighted by Crippen LogP contribution is 2.27. The van der Waals surface area contributed by atoms with E-state index in [1.807, 2.05) is 0 Å². The Balaban J connectivity index is 3.01. The molecule has 0 bridgehead atoms. The van der Waals surface area contributed by atoms with Gasteiger partial charge in [0.25, 0.3) is 10.1 Å². The molecule has 0 aliphatic carbocycles. The van der Waals surface area contributed by atoms with E-state index >= 15 is 0 Å². The Morgan fingerprint density at radius 2 is 1.95 bits per heavy atom. The van der Waals surface area contributed by atoms with Crippen LogP contribution >= 0.6 is 0 Å². The molecule has 22 heavy (non-hydrogen) atoms. The Morgan fingerprint density at radius 1 is 1.36 bits per heavy atom. The molecule has 0 radical (unpaired) electrons. The molecule has 1 rings (SSSR count). The smallest absolute Gasteiger partial charge is 0.426 e. The molecule has 1 atom stereocenters. The van der Waals surface area contributed by atoms with Crippen molar-refractivity contribution in [1.29, 1.82) is 0 Å². The summed E-state index contributed by atoms with van der Waals surface area (Å²) < 4.78 is 71.6. The number of hydrogen-bond donors (Lipinski definition) is 2. The highest BCUT2D eigenvalue weighted by Gasteiger charge is 2.45. The minimum Gasteiger partial charge on any atom is -0.507 e. The number of phenolic OH excluding ortho intramolecular Hbond substituents is 1. The maximum absolute atomic E-state index is 12.6. The lowest BCUT2D eigenvalue weighted by atomic mass is 9.96. The quantitative estimate of drug-likeness (QED) is 0.460. The van der Waals surface area contributed by atoms with Crippen LogP contribution in [0.3, 0.4) is 0 Å². The Labute approximate surface area is 125 Å². The number of halogens is 3. The molecule has 1 unspecified atom stereocenters. The van der Waals surface area contributed by atoms with Gasteiger partial charge in [-0.1, -0.05) is 17.9 Å². The number of ether oxygens (including phenoxy) is 1. The molecule has 1 aromatic carbocycles. The van der Waals surface area contributed by atoms with Crippen molar-refractivity contribution in [3.63, 3.8) is 0 Å². The van der Waals surface area contributed by atoms with Crippen LogP contribution in [0.15, 0.2) is 18.2 Å². The number of alkyl halides is 3. The molecule has 0 aromatic heterocycles. The van der Waals surface area contributed by atoms with Gasteiger partial charge in [0, 0.05) is 0 Å².